The molecular weight excluding hydrogens is 262 g/mol. The number of amides is 1. The fraction of sp³-hybridized carbons (Fsp3) is 0.500. The fourth-order valence-corrected chi connectivity index (χ4v) is 3.22. The number of para-hydroxylation sites is 1. The Morgan fingerprint density at radius 1 is 1.32 bits per heavy atom. The molecule has 0 aliphatic carbocycles. The van der Waals surface area contributed by atoms with Gasteiger partial charge >= 0.3 is 0 Å². The number of anilines is 1. The zero-order chi connectivity index (χ0) is 13.2. The van der Waals surface area contributed by atoms with Gasteiger partial charge in [0.05, 0.1) is 17.3 Å². The summed E-state index contributed by atoms with van der Waals surface area (Å²) >= 11 is 6.03. The van der Waals surface area contributed by atoms with Crippen LogP contribution < -0.4 is 10.6 Å². The minimum atomic E-state index is 0.0148. The third-order valence-electron chi connectivity index (χ3n) is 3.98. The Morgan fingerprint density at radius 3 is 2.68 bits per heavy atom. The number of fused-ring (bicyclic) bond motifs is 1. The van der Waals surface area contributed by atoms with Crippen molar-refractivity contribution in [3.63, 3.8) is 0 Å². The van der Waals surface area contributed by atoms with Crippen molar-refractivity contribution in [2.24, 2.45) is 11.8 Å². The van der Waals surface area contributed by atoms with Crippen LogP contribution in [0.3, 0.4) is 0 Å². The summed E-state index contributed by atoms with van der Waals surface area (Å²) in [4.78, 5) is 14.3. The molecule has 3 rings (SSSR count). The number of hydrogen-bond acceptors (Lipinski definition) is 3. The maximum atomic E-state index is 12.0. The van der Waals surface area contributed by atoms with E-state index in [-0.39, 0.29) is 5.91 Å². The van der Waals surface area contributed by atoms with E-state index in [0.29, 0.717) is 29.1 Å². The quantitative estimate of drug-likeness (QED) is 0.880. The molecule has 2 aliphatic heterocycles. The zero-order valence-electron chi connectivity index (χ0n) is 10.7. The van der Waals surface area contributed by atoms with Crippen molar-refractivity contribution in [1.29, 1.82) is 0 Å². The maximum Gasteiger partial charge on any atom is 0.238 e. The molecule has 0 saturated carbocycles. The van der Waals surface area contributed by atoms with Crippen LogP contribution in [0.4, 0.5) is 5.69 Å². The Hall–Kier alpha value is -1.10. The van der Waals surface area contributed by atoms with Crippen LogP contribution in [0.25, 0.3) is 0 Å². The first-order chi connectivity index (χ1) is 9.22. The van der Waals surface area contributed by atoms with Crippen molar-refractivity contribution in [2.75, 3.05) is 38.0 Å². The summed E-state index contributed by atoms with van der Waals surface area (Å²) in [6, 6.07) is 7.33. The number of carbonyl (C=O) groups is 1. The molecule has 0 unspecified atom stereocenters. The van der Waals surface area contributed by atoms with Crippen LogP contribution in [0.1, 0.15) is 0 Å². The molecule has 2 N–H and O–H groups in total. The number of rotatable bonds is 3. The average Bonchev–Trinajstić information content (AvgIpc) is 2.92. The normalized spacial score (nSPS) is 26.4. The van der Waals surface area contributed by atoms with E-state index in [9.17, 15) is 4.79 Å². The second kappa shape index (κ2) is 5.49. The molecule has 0 aromatic heterocycles. The summed E-state index contributed by atoms with van der Waals surface area (Å²) in [6.45, 7) is 4.68. The smallest absolute Gasteiger partial charge is 0.238 e. The Morgan fingerprint density at radius 2 is 2.00 bits per heavy atom. The van der Waals surface area contributed by atoms with Crippen LogP contribution in [0, 0.1) is 11.8 Å². The monoisotopic (exact) mass is 279 g/mol. The van der Waals surface area contributed by atoms with Crippen molar-refractivity contribution in [3.8, 4) is 0 Å². The molecular formula is C14H18ClN3O. The fourth-order valence-electron chi connectivity index (χ4n) is 3.04. The predicted molar refractivity (Wildman–Crippen MR) is 76.4 cm³/mol. The van der Waals surface area contributed by atoms with E-state index < -0.39 is 0 Å². The first-order valence-electron chi connectivity index (χ1n) is 6.70. The van der Waals surface area contributed by atoms with Crippen molar-refractivity contribution in [2.45, 2.75) is 0 Å². The van der Waals surface area contributed by atoms with E-state index >= 15 is 0 Å². The molecule has 2 fully saturated rings. The lowest BCUT2D eigenvalue weighted by Gasteiger charge is -2.16. The van der Waals surface area contributed by atoms with Gasteiger partial charge < -0.3 is 10.6 Å². The molecule has 4 nitrogen and oxygen atoms in total. The molecule has 1 aromatic rings. The largest absolute Gasteiger partial charge is 0.324 e. The molecule has 0 spiro atoms. The highest BCUT2D eigenvalue weighted by atomic mass is 35.5. The van der Waals surface area contributed by atoms with Crippen molar-refractivity contribution in [3.05, 3.63) is 29.3 Å². The Labute approximate surface area is 118 Å². The summed E-state index contributed by atoms with van der Waals surface area (Å²) in [5.74, 6) is 1.45. The molecule has 1 amide bonds. The third-order valence-corrected chi connectivity index (χ3v) is 4.31. The topological polar surface area (TPSA) is 44.4 Å². The molecule has 0 bridgehead atoms. The second-order valence-corrected chi connectivity index (χ2v) is 5.81. The van der Waals surface area contributed by atoms with Gasteiger partial charge in [-0.05, 0) is 37.1 Å². The molecule has 2 heterocycles. The third kappa shape index (κ3) is 2.91. The first kappa shape index (κ1) is 12.9. The Kier molecular flexibility index (Phi) is 3.73. The Bertz CT molecular complexity index is 468. The Balaban J connectivity index is 1.53. The van der Waals surface area contributed by atoms with Crippen LogP contribution in [0.2, 0.25) is 5.02 Å². The molecule has 1 aromatic carbocycles. The number of halogens is 1. The van der Waals surface area contributed by atoms with Gasteiger partial charge in [0.25, 0.3) is 0 Å². The predicted octanol–water partition coefficient (Wildman–Crippen LogP) is 1.43. The summed E-state index contributed by atoms with van der Waals surface area (Å²) in [5, 5.41) is 6.86. The molecule has 2 atom stereocenters. The standard InChI is InChI=1S/C14H18ClN3O/c15-12-3-1-2-4-13(12)17-14(19)9-18-7-10-5-16-6-11(10)8-18/h1-4,10-11,16H,5-9H2,(H,17,19)/t10-,11+. The van der Waals surface area contributed by atoms with Crippen molar-refractivity contribution < 1.29 is 4.79 Å². The van der Waals surface area contributed by atoms with Gasteiger partial charge in [0, 0.05) is 13.1 Å². The minimum Gasteiger partial charge on any atom is -0.324 e. The number of likely N-dealkylation sites (tertiary alicyclic amines) is 1. The SMILES string of the molecule is O=C(CN1C[C@H]2CNC[C@H]2C1)Nc1ccccc1Cl. The summed E-state index contributed by atoms with van der Waals surface area (Å²) in [7, 11) is 0. The van der Waals surface area contributed by atoms with E-state index in [0.717, 1.165) is 26.2 Å². The maximum absolute atomic E-state index is 12.0. The van der Waals surface area contributed by atoms with Crippen LogP contribution in [-0.4, -0.2) is 43.5 Å². The number of carbonyl (C=O) groups excluding carboxylic acids is 1. The average molecular weight is 280 g/mol. The van der Waals surface area contributed by atoms with Crippen molar-refractivity contribution >= 4 is 23.2 Å². The van der Waals surface area contributed by atoms with Crippen LogP contribution in [-0.2, 0) is 4.79 Å². The van der Waals surface area contributed by atoms with E-state index in [1.54, 1.807) is 6.07 Å². The van der Waals surface area contributed by atoms with Gasteiger partial charge in [0.2, 0.25) is 5.91 Å². The van der Waals surface area contributed by atoms with Crippen LogP contribution in [0.15, 0.2) is 24.3 Å². The molecule has 2 saturated heterocycles. The van der Waals surface area contributed by atoms with Crippen LogP contribution in [0.5, 0.6) is 0 Å². The highest BCUT2D eigenvalue weighted by Gasteiger charge is 2.36. The number of nitrogens with zero attached hydrogens (tertiary/aromatic N) is 1. The zero-order valence-corrected chi connectivity index (χ0v) is 11.5. The van der Waals surface area contributed by atoms with E-state index in [1.165, 1.54) is 0 Å². The van der Waals surface area contributed by atoms with Gasteiger partial charge in [-0.3, -0.25) is 9.69 Å². The van der Waals surface area contributed by atoms with Gasteiger partial charge in [0.1, 0.15) is 0 Å². The van der Waals surface area contributed by atoms with Gasteiger partial charge in [-0.1, -0.05) is 23.7 Å². The van der Waals surface area contributed by atoms with Gasteiger partial charge in [0.15, 0.2) is 0 Å². The lowest BCUT2D eigenvalue weighted by molar-refractivity contribution is -0.117. The number of hydrogen-bond donors (Lipinski definition) is 2. The first-order valence-corrected chi connectivity index (χ1v) is 7.07. The number of nitrogens with one attached hydrogen (secondary N) is 2. The lowest BCUT2D eigenvalue weighted by atomic mass is 10.0. The van der Waals surface area contributed by atoms with Gasteiger partial charge in [-0.15, -0.1) is 0 Å². The van der Waals surface area contributed by atoms with E-state index in [1.807, 2.05) is 18.2 Å². The summed E-state index contributed by atoms with van der Waals surface area (Å²) in [5.41, 5.74) is 0.690. The molecule has 102 valence electrons. The highest BCUT2D eigenvalue weighted by molar-refractivity contribution is 6.33. The van der Waals surface area contributed by atoms with E-state index in [2.05, 4.69) is 15.5 Å². The second-order valence-electron chi connectivity index (χ2n) is 5.40. The van der Waals surface area contributed by atoms with Gasteiger partial charge in [-0.2, -0.15) is 0 Å². The molecule has 5 heteroatoms. The highest BCUT2D eigenvalue weighted by Crippen LogP contribution is 2.26. The van der Waals surface area contributed by atoms with Gasteiger partial charge in [-0.25, -0.2) is 0 Å². The molecule has 0 radical (unpaired) electrons. The summed E-state index contributed by atoms with van der Waals surface area (Å²) < 4.78 is 0. The summed E-state index contributed by atoms with van der Waals surface area (Å²) in [6.07, 6.45) is 0. The van der Waals surface area contributed by atoms with E-state index in [4.69, 9.17) is 11.6 Å². The minimum absolute atomic E-state index is 0.0148. The van der Waals surface area contributed by atoms with Crippen LogP contribution >= 0.6 is 11.6 Å². The molecule has 2 aliphatic rings. The lowest BCUT2D eigenvalue weighted by Crippen LogP contribution is -2.33. The van der Waals surface area contributed by atoms with Crippen molar-refractivity contribution in [1.82, 2.24) is 10.2 Å². The molecule has 19 heavy (non-hydrogen) atoms. The number of benzene rings is 1.